The molecule has 0 radical (unpaired) electrons. The van der Waals surface area contributed by atoms with Crippen LogP contribution in [0.15, 0.2) is 35.5 Å². The van der Waals surface area contributed by atoms with Gasteiger partial charge in [-0.3, -0.25) is 4.79 Å². The Morgan fingerprint density at radius 1 is 1.44 bits per heavy atom. The molecule has 84 valence electrons. The summed E-state index contributed by atoms with van der Waals surface area (Å²) in [5, 5.41) is 0. The Bertz CT molecular complexity index is 469. The Labute approximate surface area is 95.7 Å². The largest absolute Gasteiger partial charge is 0.369 e. The molecule has 0 spiro atoms. The SMILES string of the molecule is CC1=CC(=O)C2=CC=C[C@H]3CO[C@]1(C)[C@@]23C. The smallest absolute Gasteiger partial charge is 0.182 e. The van der Waals surface area contributed by atoms with Crippen LogP contribution < -0.4 is 0 Å². The van der Waals surface area contributed by atoms with E-state index >= 15 is 0 Å². The Kier molecular flexibility index (Phi) is 1.72. The van der Waals surface area contributed by atoms with Gasteiger partial charge in [0.25, 0.3) is 0 Å². The minimum absolute atomic E-state index is 0.150. The normalized spacial score (nSPS) is 45.2. The summed E-state index contributed by atoms with van der Waals surface area (Å²) in [7, 11) is 0. The van der Waals surface area contributed by atoms with Crippen molar-refractivity contribution in [1.29, 1.82) is 0 Å². The summed E-state index contributed by atoms with van der Waals surface area (Å²) < 4.78 is 6.01. The number of rotatable bonds is 0. The number of hydrogen-bond acceptors (Lipinski definition) is 2. The van der Waals surface area contributed by atoms with E-state index in [1.165, 1.54) is 0 Å². The van der Waals surface area contributed by atoms with E-state index in [1.807, 2.05) is 19.1 Å². The van der Waals surface area contributed by atoms with Gasteiger partial charge in [0, 0.05) is 16.9 Å². The van der Waals surface area contributed by atoms with Gasteiger partial charge >= 0.3 is 0 Å². The zero-order valence-corrected chi connectivity index (χ0v) is 9.91. The van der Waals surface area contributed by atoms with Crippen LogP contribution in [-0.2, 0) is 9.53 Å². The monoisotopic (exact) mass is 216 g/mol. The summed E-state index contributed by atoms with van der Waals surface area (Å²) in [4.78, 5) is 12.1. The van der Waals surface area contributed by atoms with Crippen molar-refractivity contribution in [2.75, 3.05) is 6.61 Å². The first kappa shape index (κ1) is 10.0. The lowest BCUT2D eigenvalue weighted by Crippen LogP contribution is -2.50. The Hall–Kier alpha value is -1.15. The summed E-state index contributed by atoms with van der Waals surface area (Å²) >= 11 is 0. The van der Waals surface area contributed by atoms with E-state index in [0.29, 0.717) is 12.5 Å². The highest BCUT2D eigenvalue weighted by atomic mass is 16.5. The van der Waals surface area contributed by atoms with E-state index in [2.05, 4.69) is 19.9 Å². The van der Waals surface area contributed by atoms with Crippen LogP contribution in [0.3, 0.4) is 0 Å². The van der Waals surface area contributed by atoms with Gasteiger partial charge in [-0.15, -0.1) is 0 Å². The molecule has 2 heteroatoms. The maximum atomic E-state index is 12.1. The van der Waals surface area contributed by atoms with Crippen LogP contribution in [0.2, 0.25) is 0 Å². The Morgan fingerprint density at radius 3 is 2.94 bits per heavy atom. The number of carbonyl (C=O) groups excluding carboxylic acids is 1. The Morgan fingerprint density at radius 2 is 2.19 bits per heavy atom. The fourth-order valence-electron chi connectivity index (χ4n) is 3.36. The summed E-state index contributed by atoms with van der Waals surface area (Å²) in [6, 6.07) is 0. The predicted molar refractivity (Wildman–Crippen MR) is 61.9 cm³/mol. The average Bonchev–Trinajstić information content (AvgIpc) is 2.51. The molecule has 1 heterocycles. The second-order valence-electron chi connectivity index (χ2n) is 5.31. The topological polar surface area (TPSA) is 26.3 Å². The van der Waals surface area contributed by atoms with Gasteiger partial charge in [-0.05, 0) is 25.5 Å². The molecule has 3 aliphatic rings. The fraction of sp³-hybridized carbons (Fsp3) is 0.500. The first-order chi connectivity index (χ1) is 7.50. The Balaban J connectivity index is 2.31. The molecule has 2 aliphatic carbocycles. The lowest BCUT2D eigenvalue weighted by atomic mass is 9.56. The number of ketones is 1. The minimum Gasteiger partial charge on any atom is -0.369 e. The minimum atomic E-state index is -0.317. The third kappa shape index (κ3) is 0.858. The van der Waals surface area contributed by atoms with E-state index in [0.717, 1.165) is 11.1 Å². The van der Waals surface area contributed by atoms with Crippen LogP contribution in [0, 0.1) is 11.3 Å². The molecular formula is C14H16O2. The molecule has 0 aromatic carbocycles. The lowest BCUT2D eigenvalue weighted by molar-refractivity contribution is -0.115. The van der Waals surface area contributed by atoms with Crippen molar-refractivity contribution in [3.8, 4) is 0 Å². The van der Waals surface area contributed by atoms with E-state index in [4.69, 9.17) is 4.74 Å². The van der Waals surface area contributed by atoms with E-state index in [-0.39, 0.29) is 16.8 Å². The number of hydrogen-bond donors (Lipinski definition) is 0. The summed E-state index contributed by atoms with van der Waals surface area (Å²) in [6.07, 6.45) is 7.84. The highest BCUT2D eigenvalue weighted by molar-refractivity contribution is 6.07. The van der Waals surface area contributed by atoms with Crippen LogP contribution in [-0.4, -0.2) is 18.0 Å². The molecule has 0 amide bonds. The molecule has 3 rings (SSSR count). The van der Waals surface area contributed by atoms with Gasteiger partial charge in [0.05, 0.1) is 12.2 Å². The van der Waals surface area contributed by atoms with E-state index < -0.39 is 0 Å². The van der Waals surface area contributed by atoms with Gasteiger partial charge in [0.2, 0.25) is 0 Å². The molecule has 1 saturated heterocycles. The summed E-state index contributed by atoms with van der Waals surface area (Å²) in [6.45, 7) is 6.98. The van der Waals surface area contributed by atoms with Crippen molar-refractivity contribution in [3.63, 3.8) is 0 Å². The van der Waals surface area contributed by atoms with Crippen molar-refractivity contribution in [1.82, 2.24) is 0 Å². The molecular weight excluding hydrogens is 200 g/mol. The van der Waals surface area contributed by atoms with Crippen molar-refractivity contribution < 1.29 is 9.53 Å². The van der Waals surface area contributed by atoms with Crippen LogP contribution in [0.25, 0.3) is 0 Å². The molecule has 0 aromatic heterocycles. The van der Waals surface area contributed by atoms with E-state index in [1.54, 1.807) is 6.08 Å². The molecule has 1 aliphatic heterocycles. The number of carbonyl (C=O) groups is 1. The molecule has 0 saturated carbocycles. The first-order valence-corrected chi connectivity index (χ1v) is 5.76. The lowest BCUT2D eigenvalue weighted by Gasteiger charge is -2.47. The summed E-state index contributed by atoms with van der Waals surface area (Å²) in [5.41, 5.74) is 1.46. The van der Waals surface area contributed by atoms with Gasteiger partial charge in [-0.25, -0.2) is 0 Å². The molecule has 16 heavy (non-hydrogen) atoms. The molecule has 0 aromatic rings. The van der Waals surface area contributed by atoms with Crippen LogP contribution >= 0.6 is 0 Å². The zero-order valence-electron chi connectivity index (χ0n) is 9.91. The van der Waals surface area contributed by atoms with Crippen molar-refractivity contribution in [3.05, 3.63) is 35.5 Å². The second-order valence-corrected chi connectivity index (χ2v) is 5.31. The van der Waals surface area contributed by atoms with Crippen molar-refractivity contribution in [2.45, 2.75) is 26.4 Å². The van der Waals surface area contributed by atoms with Crippen LogP contribution in [0.4, 0.5) is 0 Å². The van der Waals surface area contributed by atoms with Crippen LogP contribution in [0.5, 0.6) is 0 Å². The van der Waals surface area contributed by atoms with Gasteiger partial charge < -0.3 is 4.74 Å². The molecule has 0 N–H and O–H groups in total. The van der Waals surface area contributed by atoms with E-state index in [9.17, 15) is 4.79 Å². The third-order valence-electron chi connectivity index (χ3n) is 4.82. The molecule has 0 unspecified atom stereocenters. The van der Waals surface area contributed by atoms with Gasteiger partial charge in [0.1, 0.15) is 0 Å². The average molecular weight is 216 g/mol. The maximum Gasteiger partial charge on any atom is 0.182 e. The maximum absolute atomic E-state index is 12.1. The molecule has 3 atom stereocenters. The van der Waals surface area contributed by atoms with Crippen molar-refractivity contribution in [2.24, 2.45) is 11.3 Å². The quantitative estimate of drug-likeness (QED) is 0.621. The van der Waals surface area contributed by atoms with Crippen LogP contribution in [0.1, 0.15) is 20.8 Å². The zero-order chi connectivity index (χ0) is 11.6. The van der Waals surface area contributed by atoms with Gasteiger partial charge in [0.15, 0.2) is 5.78 Å². The second kappa shape index (κ2) is 2.75. The highest BCUT2D eigenvalue weighted by Crippen LogP contribution is 2.59. The van der Waals surface area contributed by atoms with Crippen molar-refractivity contribution >= 4 is 5.78 Å². The first-order valence-electron chi connectivity index (χ1n) is 5.76. The molecule has 2 nitrogen and oxygen atoms in total. The molecule has 0 bridgehead atoms. The summed E-state index contributed by atoms with van der Waals surface area (Å²) in [5.74, 6) is 0.474. The highest BCUT2D eigenvalue weighted by Gasteiger charge is 2.61. The standard InChI is InChI=1S/C14H16O2/c1-9-7-12(15)11-6-4-5-10-8-16-14(9,3)13(10,11)2/h4-7,10H,8H2,1-3H3/t10-,13+,14-/m0/s1. The predicted octanol–water partition coefficient (Wildman–Crippen LogP) is 2.42. The fourth-order valence-corrected chi connectivity index (χ4v) is 3.36. The third-order valence-corrected chi connectivity index (χ3v) is 4.82. The molecule has 1 fully saturated rings. The van der Waals surface area contributed by atoms with Gasteiger partial charge in [-0.1, -0.05) is 25.2 Å². The number of ether oxygens (including phenoxy) is 1. The number of allylic oxidation sites excluding steroid dienone is 3. The van der Waals surface area contributed by atoms with Gasteiger partial charge in [-0.2, -0.15) is 0 Å².